The Bertz CT molecular complexity index is 554. The third-order valence-electron chi connectivity index (χ3n) is 4.13. The van der Waals surface area contributed by atoms with Gasteiger partial charge in [-0.3, -0.25) is 4.98 Å². The number of anilines is 1. The van der Waals surface area contributed by atoms with Crippen molar-refractivity contribution < 1.29 is 0 Å². The van der Waals surface area contributed by atoms with Crippen molar-refractivity contribution in [2.24, 2.45) is 0 Å². The molecule has 0 unspecified atom stereocenters. The Morgan fingerprint density at radius 2 is 2.05 bits per heavy atom. The Labute approximate surface area is 121 Å². The lowest BCUT2D eigenvalue weighted by atomic mass is 10.0. The molecule has 3 heteroatoms. The second-order valence-corrected chi connectivity index (χ2v) is 5.64. The number of benzene rings is 1. The van der Waals surface area contributed by atoms with Gasteiger partial charge in [0.1, 0.15) is 0 Å². The highest BCUT2D eigenvalue weighted by Gasteiger charge is 2.18. The van der Waals surface area contributed by atoms with Crippen molar-refractivity contribution in [2.75, 3.05) is 25.0 Å². The van der Waals surface area contributed by atoms with Gasteiger partial charge in [-0.25, -0.2) is 0 Å². The van der Waals surface area contributed by atoms with Gasteiger partial charge < -0.3 is 10.2 Å². The van der Waals surface area contributed by atoms with Gasteiger partial charge in [0.25, 0.3) is 0 Å². The van der Waals surface area contributed by atoms with Gasteiger partial charge in [-0.1, -0.05) is 13.0 Å². The summed E-state index contributed by atoms with van der Waals surface area (Å²) in [5.41, 5.74) is 2.30. The number of pyridine rings is 1. The van der Waals surface area contributed by atoms with Crippen LogP contribution in [-0.4, -0.2) is 35.6 Å². The number of aromatic nitrogens is 1. The van der Waals surface area contributed by atoms with E-state index in [9.17, 15) is 0 Å². The molecule has 1 fully saturated rings. The maximum absolute atomic E-state index is 4.42. The zero-order valence-corrected chi connectivity index (χ0v) is 12.2. The van der Waals surface area contributed by atoms with Gasteiger partial charge in [-0.05, 0) is 50.1 Å². The lowest BCUT2D eigenvalue weighted by molar-refractivity contribution is 0.219. The molecular formula is C17H23N3. The Kier molecular flexibility index (Phi) is 4.16. The van der Waals surface area contributed by atoms with Crippen molar-refractivity contribution in [3.8, 4) is 0 Å². The van der Waals surface area contributed by atoms with Crippen molar-refractivity contribution >= 4 is 16.6 Å². The summed E-state index contributed by atoms with van der Waals surface area (Å²) in [7, 11) is 0. The molecule has 2 heterocycles. The van der Waals surface area contributed by atoms with Crippen LogP contribution in [0.15, 0.2) is 36.5 Å². The van der Waals surface area contributed by atoms with E-state index in [0.29, 0.717) is 6.04 Å². The molecule has 0 spiro atoms. The van der Waals surface area contributed by atoms with E-state index in [0.717, 1.165) is 5.52 Å². The van der Waals surface area contributed by atoms with Crippen molar-refractivity contribution in [3.05, 3.63) is 36.5 Å². The molecule has 1 saturated heterocycles. The summed E-state index contributed by atoms with van der Waals surface area (Å²) in [5, 5.41) is 4.95. The number of likely N-dealkylation sites (tertiary alicyclic amines) is 1. The van der Waals surface area contributed by atoms with Crippen LogP contribution in [0.25, 0.3) is 10.9 Å². The zero-order chi connectivity index (χ0) is 13.8. The fourth-order valence-electron chi connectivity index (χ4n) is 3.07. The predicted molar refractivity (Wildman–Crippen MR) is 85.1 cm³/mol. The minimum atomic E-state index is 0.592. The third-order valence-corrected chi connectivity index (χ3v) is 4.13. The topological polar surface area (TPSA) is 28.2 Å². The number of piperidine rings is 1. The highest BCUT2D eigenvalue weighted by Crippen LogP contribution is 2.24. The van der Waals surface area contributed by atoms with E-state index in [2.05, 4.69) is 46.4 Å². The summed E-state index contributed by atoms with van der Waals surface area (Å²) in [6.07, 6.45) is 5.58. The lowest BCUT2D eigenvalue weighted by Gasteiger charge is -2.32. The van der Waals surface area contributed by atoms with Gasteiger partial charge in [0.2, 0.25) is 0 Å². The molecule has 0 bridgehead atoms. The smallest absolute Gasteiger partial charge is 0.0722 e. The largest absolute Gasteiger partial charge is 0.382 e. The van der Waals surface area contributed by atoms with E-state index in [-0.39, 0.29) is 0 Å². The predicted octanol–water partition coefficient (Wildman–Crippen LogP) is 3.52. The molecule has 20 heavy (non-hydrogen) atoms. The monoisotopic (exact) mass is 269 g/mol. The van der Waals surface area contributed by atoms with Crippen LogP contribution in [0.1, 0.15) is 26.2 Å². The van der Waals surface area contributed by atoms with E-state index in [1.807, 2.05) is 12.3 Å². The molecule has 0 amide bonds. The fraction of sp³-hybridized carbons (Fsp3) is 0.471. The van der Waals surface area contributed by atoms with Crippen molar-refractivity contribution in [1.29, 1.82) is 0 Å². The number of fused-ring (bicyclic) bond motifs is 1. The molecule has 1 aliphatic rings. The SMILES string of the molecule is CCCN1CCC(Nc2cccc3ncccc23)CC1. The number of hydrogen-bond acceptors (Lipinski definition) is 3. The molecule has 0 radical (unpaired) electrons. The molecule has 0 atom stereocenters. The third kappa shape index (κ3) is 2.93. The lowest BCUT2D eigenvalue weighted by Crippen LogP contribution is -2.39. The molecule has 1 aromatic carbocycles. The summed E-state index contributed by atoms with van der Waals surface area (Å²) in [6.45, 7) is 5.93. The van der Waals surface area contributed by atoms with Crippen LogP contribution in [0.2, 0.25) is 0 Å². The molecule has 0 aliphatic carbocycles. The fourth-order valence-corrected chi connectivity index (χ4v) is 3.07. The van der Waals surface area contributed by atoms with Gasteiger partial charge in [0.15, 0.2) is 0 Å². The quantitative estimate of drug-likeness (QED) is 0.920. The van der Waals surface area contributed by atoms with E-state index < -0.39 is 0 Å². The maximum Gasteiger partial charge on any atom is 0.0722 e. The van der Waals surface area contributed by atoms with Gasteiger partial charge in [-0.15, -0.1) is 0 Å². The first-order valence-electron chi connectivity index (χ1n) is 7.69. The number of hydrogen-bond donors (Lipinski definition) is 1. The van der Waals surface area contributed by atoms with Crippen LogP contribution in [0.5, 0.6) is 0 Å². The second kappa shape index (κ2) is 6.23. The van der Waals surface area contributed by atoms with Gasteiger partial charge in [0, 0.05) is 36.4 Å². The molecule has 0 saturated carbocycles. The van der Waals surface area contributed by atoms with Crippen LogP contribution in [-0.2, 0) is 0 Å². The first kappa shape index (κ1) is 13.4. The van der Waals surface area contributed by atoms with Crippen LogP contribution >= 0.6 is 0 Å². The van der Waals surface area contributed by atoms with Gasteiger partial charge in [-0.2, -0.15) is 0 Å². The first-order valence-corrected chi connectivity index (χ1v) is 7.69. The summed E-state index contributed by atoms with van der Waals surface area (Å²) in [4.78, 5) is 7.00. The van der Waals surface area contributed by atoms with E-state index in [1.165, 1.54) is 50.0 Å². The zero-order valence-electron chi connectivity index (χ0n) is 12.2. The van der Waals surface area contributed by atoms with Crippen molar-refractivity contribution in [2.45, 2.75) is 32.2 Å². The van der Waals surface area contributed by atoms with Crippen LogP contribution in [0, 0.1) is 0 Å². The number of nitrogens with zero attached hydrogens (tertiary/aromatic N) is 2. The normalized spacial score (nSPS) is 17.4. The second-order valence-electron chi connectivity index (χ2n) is 5.64. The van der Waals surface area contributed by atoms with Crippen LogP contribution in [0.3, 0.4) is 0 Å². The molecule has 3 rings (SSSR count). The van der Waals surface area contributed by atoms with E-state index >= 15 is 0 Å². The summed E-state index contributed by atoms with van der Waals surface area (Å²) in [5.74, 6) is 0. The number of rotatable bonds is 4. The summed E-state index contributed by atoms with van der Waals surface area (Å²) < 4.78 is 0. The van der Waals surface area contributed by atoms with Crippen LogP contribution < -0.4 is 5.32 Å². The minimum absolute atomic E-state index is 0.592. The molecule has 106 valence electrons. The highest BCUT2D eigenvalue weighted by atomic mass is 15.1. The molecule has 1 aromatic heterocycles. The maximum atomic E-state index is 4.42. The Hall–Kier alpha value is -1.61. The number of nitrogens with one attached hydrogen (secondary N) is 1. The summed E-state index contributed by atoms with van der Waals surface area (Å²) >= 11 is 0. The average Bonchev–Trinajstić information content (AvgIpc) is 2.50. The molecule has 2 aromatic rings. The Morgan fingerprint density at radius 1 is 1.20 bits per heavy atom. The van der Waals surface area contributed by atoms with E-state index in [4.69, 9.17) is 0 Å². The summed E-state index contributed by atoms with van der Waals surface area (Å²) in [6, 6.07) is 11.1. The average molecular weight is 269 g/mol. The van der Waals surface area contributed by atoms with Gasteiger partial charge >= 0.3 is 0 Å². The highest BCUT2D eigenvalue weighted by molar-refractivity contribution is 5.91. The standard InChI is InChI=1S/C17H23N3/c1-2-11-20-12-8-14(9-13-20)19-17-7-3-6-16-15(17)5-4-10-18-16/h3-7,10,14,19H,2,8-9,11-13H2,1H3. The van der Waals surface area contributed by atoms with E-state index in [1.54, 1.807) is 0 Å². The van der Waals surface area contributed by atoms with Crippen molar-refractivity contribution in [1.82, 2.24) is 9.88 Å². The molecule has 1 N–H and O–H groups in total. The minimum Gasteiger partial charge on any atom is -0.382 e. The van der Waals surface area contributed by atoms with Gasteiger partial charge in [0.05, 0.1) is 5.52 Å². The molecule has 3 nitrogen and oxygen atoms in total. The Morgan fingerprint density at radius 3 is 2.85 bits per heavy atom. The van der Waals surface area contributed by atoms with Crippen LogP contribution in [0.4, 0.5) is 5.69 Å². The first-order chi connectivity index (χ1) is 9.86. The van der Waals surface area contributed by atoms with Crippen molar-refractivity contribution in [3.63, 3.8) is 0 Å². The molecule has 1 aliphatic heterocycles. The Balaban J connectivity index is 1.68. The molecular weight excluding hydrogens is 246 g/mol.